The molecule has 0 spiro atoms. The first-order valence-corrected chi connectivity index (χ1v) is 5.63. The monoisotopic (exact) mass is 251 g/mol. The van der Waals surface area contributed by atoms with Gasteiger partial charge in [-0.2, -0.15) is 0 Å². The van der Waals surface area contributed by atoms with E-state index in [9.17, 15) is 9.90 Å². The molecule has 0 bridgehead atoms. The van der Waals surface area contributed by atoms with Crippen molar-refractivity contribution in [2.45, 2.75) is 6.61 Å². The van der Waals surface area contributed by atoms with Crippen LogP contribution in [0.5, 0.6) is 11.5 Å². The summed E-state index contributed by atoms with van der Waals surface area (Å²) in [7, 11) is 0. The fraction of sp³-hybridized carbons (Fsp3) is 0.0909. The summed E-state index contributed by atoms with van der Waals surface area (Å²) in [5.74, 6) is -0.664. The Kier molecular flexibility index (Phi) is 3.24. The summed E-state index contributed by atoms with van der Waals surface area (Å²) in [6, 6.07) is 6.56. The lowest BCUT2D eigenvalue weighted by Gasteiger charge is -2.05. The zero-order valence-corrected chi connectivity index (χ0v) is 9.48. The van der Waals surface area contributed by atoms with Crippen molar-refractivity contribution in [3.8, 4) is 11.5 Å². The number of benzene rings is 1. The highest BCUT2D eigenvalue weighted by Crippen LogP contribution is 2.25. The first-order chi connectivity index (χ1) is 8.16. The molecule has 88 valence electrons. The number of carbonyl (C=O) groups is 1. The summed E-state index contributed by atoms with van der Waals surface area (Å²) < 4.78 is 5.32. The van der Waals surface area contributed by atoms with E-state index in [-0.39, 0.29) is 17.4 Å². The molecule has 6 heteroatoms. The second-order valence-corrected chi connectivity index (χ2v) is 4.06. The Labute approximate surface area is 101 Å². The third-order valence-corrected chi connectivity index (χ3v) is 2.85. The van der Waals surface area contributed by atoms with E-state index in [2.05, 4.69) is 4.98 Å². The molecule has 5 nitrogen and oxygen atoms in total. The number of aromatic carboxylic acids is 1. The number of aromatic nitrogens is 1. The normalized spacial score (nSPS) is 10.1. The van der Waals surface area contributed by atoms with Crippen LogP contribution in [0.15, 0.2) is 29.6 Å². The highest BCUT2D eigenvalue weighted by Gasteiger charge is 2.09. The highest BCUT2D eigenvalue weighted by atomic mass is 32.1. The van der Waals surface area contributed by atoms with Gasteiger partial charge >= 0.3 is 5.97 Å². The second-order valence-electron chi connectivity index (χ2n) is 3.21. The van der Waals surface area contributed by atoms with Gasteiger partial charge in [-0.1, -0.05) is 12.1 Å². The van der Waals surface area contributed by atoms with E-state index in [0.29, 0.717) is 11.4 Å². The maximum absolute atomic E-state index is 10.6. The Hall–Kier alpha value is -2.08. The van der Waals surface area contributed by atoms with Crippen LogP contribution in [-0.4, -0.2) is 21.2 Å². The fourth-order valence-electron chi connectivity index (χ4n) is 1.20. The molecule has 0 aliphatic carbocycles. The first-order valence-electron chi connectivity index (χ1n) is 4.75. The summed E-state index contributed by atoms with van der Waals surface area (Å²) >= 11 is 1.04. The molecule has 0 saturated heterocycles. The smallest absolute Gasteiger partial charge is 0.365 e. The first kappa shape index (κ1) is 11.4. The quantitative estimate of drug-likeness (QED) is 0.870. The predicted octanol–water partition coefficient (Wildman–Crippen LogP) is 2.13. The minimum absolute atomic E-state index is 0.0286. The summed E-state index contributed by atoms with van der Waals surface area (Å²) in [6.45, 7) is 0.126. The molecule has 17 heavy (non-hydrogen) atoms. The van der Waals surface area contributed by atoms with Gasteiger partial charge in [-0.25, -0.2) is 9.78 Å². The summed E-state index contributed by atoms with van der Waals surface area (Å²) in [5, 5.41) is 19.8. The lowest BCUT2D eigenvalue weighted by atomic mass is 10.3. The van der Waals surface area contributed by atoms with Crippen molar-refractivity contribution in [3.05, 3.63) is 40.3 Å². The van der Waals surface area contributed by atoms with Gasteiger partial charge in [0.1, 0.15) is 6.61 Å². The molecule has 0 aliphatic rings. The second kappa shape index (κ2) is 4.84. The number of hydrogen-bond acceptors (Lipinski definition) is 5. The van der Waals surface area contributed by atoms with Crippen LogP contribution >= 0.6 is 11.3 Å². The van der Waals surface area contributed by atoms with Crippen LogP contribution < -0.4 is 4.74 Å². The Morgan fingerprint density at radius 2 is 2.18 bits per heavy atom. The molecule has 0 atom stereocenters. The molecule has 1 aromatic carbocycles. The number of aromatic hydroxyl groups is 1. The molecule has 0 unspecified atom stereocenters. The minimum Gasteiger partial charge on any atom is -0.504 e. The number of ether oxygens (including phenoxy) is 1. The van der Waals surface area contributed by atoms with Gasteiger partial charge in [0.2, 0.25) is 5.01 Å². The number of nitrogens with zero attached hydrogens (tertiary/aromatic N) is 1. The van der Waals surface area contributed by atoms with Crippen molar-refractivity contribution < 1.29 is 19.7 Å². The Bertz CT molecular complexity index is 538. The van der Waals surface area contributed by atoms with E-state index < -0.39 is 5.97 Å². The molecule has 0 amide bonds. The van der Waals surface area contributed by atoms with E-state index in [1.54, 1.807) is 23.6 Å². The average molecular weight is 251 g/mol. The van der Waals surface area contributed by atoms with Crippen LogP contribution in [0.2, 0.25) is 0 Å². The zero-order chi connectivity index (χ0) is 12.3. The van der Waals surface area contributed by atoms with Crippen molar-refractivity contribution in [1.29, 1.82) is 0 Å². The number of thiazole rings is 1. The number of hydrogen-bond donors (Lipinski definition) is 2. The number of phenolic OH excluding ortho intramolecular Hbond substituents is 1. The molecular formula is C11H9NO4S. The minimum atomic E-state index is -1.05. The van der Waals surface area contributed by atoms with Gasteiger partial charge in [0.05, 0.1) is 5.69 Å². The van der Waals surface area contributed by atoms with E-state index in [4.69, 9.17) is 9.84 Å². The van der Waals surface area contributed by atoms with Crippen molar-refractivity contribution >= 4 is 17.3 Å². The lowest BCUT2D eigenvalue weighted by molar-refractivity contribution is 0.0696. The van der Waals surface area contributed by atoms with Crippen LogP contribution in [0.3, 0.4) is 0 Å². The molecule has 1 aromatic heterocycles. The van der Waals surface area contributed by atoms with Gasteiger partial charge in [-0.05, 0) is 12.1 Å². The molecule has 2 aromatic rings. The van der Waals surface area contributed by atoms with Crippen molar-refractivity contribution in [2.24, 2.45) is 0 Å². The van der Waals surface area contributed by atoms with E-state index >= 15 is 0 Å². The van der Waals surface area contributed by atoms with Crippen molar-refractivity contribution in [1.82, 2.24) is 4.98 Å². The zero-order valence-electron chi connectivity index (χ0n) is 8.66. The van der Waals surface area contributed by atoms with E-state index in [1.807, 2.05) is 0 Å². The molecule has 2 N–H and O–H groups in total. The predicted molar refractivity (Wildman–Crippen MR) is 61.5 cm³/mol. The molecule has 0 radical (unpaired) electrons. The van der Waals surface area contributed by atoms with Crippen LogP contribution in [0, 0.1) is 0 Å². The largest absolute Gasteiger partial charge is 0.504 e. The Morgan fingerprint density at radius 3 is 2.82 bits per heavy atom. The van der Waals surface area contributed by atoms with Gasteiger partial charge in [0, 0.05) is 5.38 Å². The highest BCUT2D eigenvalue weighted by molar-refractivity contribution is 7.11. The third kappa shape index (κ3) is 2.73. The van der Waals surface area contributed by atoms with Gasteiger partial charge in [-0.15, -0.1) is 11.3 Å². The van der Waals surface area contributed by atoms with Crippen molar-refractivity contribution in [2.75, 3.05) is 0 Å². The van der Waals surface area contributed by atoms with Crippen molar-refractivity contribution in [3.63, 3.8) is 0 Å². The van der Waals surface area contributed by atoms with Crippen LogP contribution in [0.1, 0.15) is 15.5 Å². The molecule has 0 saturated carbocycles. The SMILES string of the molecule is O=C(O)c1nc(COc2ccccc2O)cs1. The molecular weight excluding hydrogens is 242 g/mol. The van der Waals surface area contributed by atoms with Gasteiger partial charge < -0.3 is 14.9 Å². The van der Waals surface area contributed by atoms with Gasteiger partial charge in [-0.3, -0.25) is 0 Å². The van der Waals surface area contributed by atoms with Crippen LogP contribution in [-0.2, 0) is 6.61 Å². The molecule has 2 rings (SSSR count). The van der Waals surface area contributed by atoms with Gasteiger partial charge in [0.25, 0.3) is 0 Å². The maximum Gasteiger partial charge on any atom is 0.365 e. The van der Waals surface area contributed by atoms with E-state index in [0.717, 1.165) is 11.3 Å². The third-order valence-electron chi connectivity index (χ3n) is 1.98. The standard InChI is InChI=1S/C11H9NO4S/c13-8-3-1-2-4-9(8)16-5-7-6-17-10(12-7)11(14)15/h1-4,6,13H,5H2,(H,14,15). The molecule has 0 fully saturated rings. The fourth-order valence-corrected chi connectivity index (χ4v) is 1.84. The number of carboxylic acids is 1. The number of phenols is 1. The summed E-state index contributed by atoms with van der Waals surface area (Å²) in [4.78, 5) is 14.5. The summed E-state index contributed by atoms with van der Waals surface area (Å²) in [5.41, 5.74) is 0.524. The maximum atomic E-state index is 10.6. The topological polar surface area (TPSA) is 79.7 Å². The molecule has 1 heterocycles. The van der Waals surface area contributed by atoms with E-state index in [1.165, 1.54) is 6.07 Å². The number of rotatable bonds is 4. The van der Waals surface area contributed by atoms with Crippen LogP contribution in [0.25, 0.3) is 0 Å². The number of para-hydroxylation sites is 2. The molecule has 0 aliphatic heterocycles. The Morgan fingerprint density at radius 1 is 1.41 bits per heavy atom. The van der Waals surface area contributed by atoms with Crippen LogP contribution in [0.4, 0.5) is 0 Å². The Balaban J connectivity index is 2.02. The summed E-state index contributed by atoms with van der Waals surface area (Å²) in [6.07, 6.45) is 0. The number of carboxylic acid groups (broad SMARTS) is 1. The average Bonchev–Trinajstić information content (AvgIpc) is 2.77. The lowest BCUT2D eigenvalue weighted by Crippen LogP contribution is -1.99. The van der Waals surface area contributed by atoms with Gasteiger partial charge in [0.15, 0.2) is 11.5 Å².